The van der Waals surface area contributed by atoms with Crippen molar-refractivity contribution >= 4 is 28.7 Å². The second kappa shape index (κ2) is 9.47. The first-order valence-electron chi connectivity index (χ1n) is 10.2. The molecule has 1 heterocycles. The van der Waals surface area contributed by atoms with Crippen LogP contribution < -0.4 is 14.9 Å². The lowest BCUT2D eigenvalue weighted by Crippen LogP contribution is -2.18. The summed E-state index contributed by atoms with van der Waals surface area (Å²) in [6.45, 7) is 4.67. The minimum atomic E-state index is -0.809. The number of ether oxygens (including phenoxy) is 2. The van der Waals surface area contributed by atoms with Crippen LogP contribution in [0.1, 0.15) is 50.4 Å². The molecule has 0 amide bonds. The lowest BCUT2D eigenvalue weighted by Gasteiger charge is -2.15. The van der Waals surface area contributed by atoms with Gasteiger partial charge in [-0.2, -0.15) is 0 Å². The van der Waals surface area contributed by atoms with E-state index >= 15 is 0 Å². The molecular formula is C24H22O8. The van der Waals surface area contributed by atoms with Crippen molar-refractivity contribution in [3.63, 3.8) is 0 Å². The molecule has 0 fully saturated rings. The van der Waals surface area contributed by atoms with Crippen molar-refractivity contribution in [1.82, 2.24) is 0 Å². The van der Waals surface area contributed by atoms with Crippen molar-refractivity contribution in [2.24, 2.45) is 0 Å². The zero-order valence-electron chi connectivity index (χ0n) is 17.9. The van der Waals surface area contributed by atoms with Gasteiger partial charge in [-0.25, -0.2) is 0 Å². The number of carbonyl (C=O) groups excluding carboxylic acids is 3. The monoisotopic (exact) mass is 438 g/mol. The Hall–Kier alpha value is -3.94. The number of ketones is 1. The van der Waals surface area contributed by atoms with E-state index in [0.717, 1.165) is 6.07 Å². The number of fused-ring (bicyclic) bond motifs is 1. The van der Waals surface area contributed by atoms with Crippen molar-refractivity contribution < 1.29 is 33.4 Å². The van der Waals surface area contributed by atoms with E-state index in [1.807, 2.05) is 0 Å². The topological polar surface area (TPSA) is 120 Å². The molecule has 2 aromatic carbocycles. The maximum absolute atomic E-state index is 13.5. The quantitative estimate of drug-likeness (QED) is 0.328. The zero-order chi connectivity index (χ0) is 23.4. The van der Waals surface area contributed by atoms with Crippen molar-refractivity contribution in [2.75, 3.05) is 0 Å². The molecule has 0 radical (unpaired) electrons. The summed E-state index contributed by atoms with van der Waals surface area (Å²) in [5, 5.41) is 10.2. The number of aromatic hydroxyl groups is 1. The van der Waals surface area contributed by atoms with Gasteiger partial charge in [-0.1, -0.05) is 51.1 Å². The molecule has 0 bridgehead atoms. The predicted molar refractivity (Wildman–Crippen MR) is 116 cm³/mol. The van der Waals surface area contributed by atoms with Gasteiger partial charge in [0.1, 0.15) is 22.3 Å². The molecule has 3 aromatic rings. The fourth-order valence-electron chi connectivity index (χ4n) is 3.08. The van der Waals surface area contributed by atoms with Crippen LogP contribution in [-0.2, 0) is 9.59 Å². The molecule has 0 unspecified atom stereocenters. The van der Waals surface area contributed by atoms with Gasteiger partial charge < -0.3 is 19.0 Å². The first kappa shape index (κ1) is 22.7. The molecule has 0 aliphatic rings. The largest absolute Gasteiger partial charge is 0.507 e. The van der Waals surface area contributed by atoms with Crippen molar-refractivity contribution in [3.8, 4) is 28.6 Å². The Balaban J connectivity index is 2.47. The van der Waals surface area contributed by atoms with E-state index in [2.05, 4.69) is 0 Å². The third-order valence-corrected chi connectivity index (χ3v) is 4.72. The van der Waals surface area contributed by atoms with Gasteiger partial charge in [0.2, 0.25) is 11.2 Å². The van der Waals surface area contributed by atoms with Crippen molar-refractivity contribution in [3.05, 3.63) is 52.2 Å². The normalized spacial score (nSPS) is 10.7. The Bertz CT molecular complexity index is 1250. The van der Waals surface area contributed by atoms with E-state index in [0.29, 0.717) is 5.56 Å². The number of rotatable bonds is 7. The number of esters is 2. The lowest BCUT2D eigenvalue weighted by molar-refractivity contribution is -0.135. The number of benzene rings is 2. The average molecular weight is 438 g/mol. The predicted octanol–water partition coefficient (Wildman–Crippen LogP) is 4.39. The number of Topliss-reactive ketones (excluding diaryl/α,β-unsaturated/α-hetero) is 1. The van der Waals surface area contributed by atoms with E-state index < -0.39 is 40.4 Å². The maximum atomic E-state index is 13.5. The molecule has 0 saturated heterocycles. The van der Waals surface area contributed by atoms with E-state index in [4.69, 9.17) is 13.9 Å². The van der Waals surface area contributed by atoms with Crippen LogP contribution >= 0.6 is 0 Å². The summed E-state index contributed by atoms with van der Waals surface area (Å²) in [4.78, 5) is 50.2. The molecule has 0 saturated carbocycles. The first-order valence-corrected chi connectivity index (χ1v) is 10.2. The third-order valence-electron chi connectivity index (χ3n) is 4.72. The molecule has 1 aromatic heterocycles. The molecular weight excluding hydrogens is 416 g/mol. The second-order valence-electron chi connectivity index (χ2n) is 6.86. The lowest BCUT2D eigenvalue weighted by atomic mass is 10.0. The molecule has 0 atom stereocenters. The smallest absolute Gasteiger partial charge is 0.311 e. The summed E-state index contributed by atoms with van der Waals surface area (Å²) in [6, 6.07) is 9.60. The number of hydrogen-bond acceptors (Lipinski definition) is 8. The Morgan fingerprint density at radius 1 is 0.906 bits per heavy atom. The van der Waals surface area contributed by atoms with Crippen LogP contribution in [0.2, 0.25) is 0 Å². The van der Waals surface area contributed by atoms with Crippen LogP contribution in [0.25, 0.3) is 22.3 Å². The molecule has 32 heavy (non-hydrogen) atoms. The summed E-state index contributed by atoms with van der Waals surface area (Å²) in [5.74, 6) is -3.28. The highest BCUT2D eigenvalue weighted by Crippen LogP contribution is 2.40. The second-order valence-corrected chi connectivity index (χ2v) is 6.86. The highest BCUT2D eigenvalue weighted by molar-refractivity contribution is 6.07. The minimum Gasteiger partial charge on any atom is -0.507 e. The standard InChI is InChI=1S/C24H22O8/c1-4-14(25)19-15(26)12-16-20(23(19)31-17(27)5-2)21(29)24(32-18(28)6-3)22(30-16)13-10-8-7-9-11-13/h7-12,26H,4-6H2,1-3H3. The molecule has 0 spiro atoms. The van der Waals surface area contributed by atoms with Gasteiger partial charge in [-0.3, -0.25) is 19.2 Å². The number of hydrogen-bond donors (Lipinski definition) is 1. The average Bonchev–Trinajstić information content (AvgIpc) is 2.80. The summed E-state index contributed by atoms with van der Waals surface area (Å²) < 4.78 is 16.5. The summed E-state index contributed by atoms with van der Waals surface area (Å²) >= 11 is 0. The number of carbonyl (C=O) groups is 3. The van der Waals surface area contributed by atoms with Gasteiger partial charge in [0.15, 0.2) is 17.3 Å². The van der Waals surface area contributed by atoms with Gasteiger partial charge >= 0.3 is 11.9 Å². The molecule has 0 aliphatic heterocycles. The van der Waals surface area contributed by atoms with Gasteiger partial charge in [-0.05, 0) is 0 Å². The summed E-state index contributed by atoms with van der Waals surface area (Å²) in [6.07, 6.45) is -0.0542. The van der Waals surface area contributed by atoms with E-state index in [1.54, 1.807) is 51.1 Å². The van der Waals surface area contributed by atoms with Crippen LogP contribution in [0.15, 0.2) is 45.6 Å². The Labute approximate surface area is 183 Å². The SMILES string of the molecule is CCC(=O)Oc1c(-c2ccccc2)oc2cc(O)c(C(=O)CC)c(OC(=O)CC)c2c1=O. The fourth-order valence-corrected chi connectivity index (χ4v) is 3.08. The minimum absolute atomic E-state index is 0.00146. The molecule has 166 valence electrons. The van der Waals surface area contributed by atoms with Crippen LogP contribution in [0.5, 0.6) is 17.2 Å². The van der Waals surface area contributed by atoms with Crippen LogP contribution in [0.3, 0.4) is 0 Å². The Morgan fingerprint density at radius 2 is 1.50 bits per heavy atom. The van der Waals surface area contributed by atoms with Crippen molar-refractivity contribution in [2.45, 2.75) is 40.0 Å². The zero-order valence-corrected chi connectivity index (χ0v) is 17.9. The molecule has 8 nitrogen and oxygen atoms in total. The Kier molecular flexibility index (Phi) is 6.73. The van der Waals surface area contributed by atoms with Gasteiger partial charge in [-0.15, -0.1) is 0 Å². The number of phenolic OH excluding ortho intramolecular Hbond substituents is 1. The molecule has 0 aliphatic carbocycles. The van der Waals surface area contributed by atoms with Crippen LogP contribution in [0, 0.1) is 0 Å². The van der Waals surface area contributed by atoms with Gasteiger partial charge in [0.05, 0.1) is 0 Å². The van der Waals surface area contributed by atoms with E-state index in [-0.39, 0.29) is 41.6 Å². The summed E-state index contributed by atoms with van der Waals surface area (Å²) in [7, 11) is 0. The highest BCUT2D eigenvalue weighted by atomic mass is 16.5. The Morgan fingerprint density at radius 3 is 2.06 bits per heavy atom. The van der Waals surface area contributed by atoms with E-state index in [1.165, 1.54) is 0 Å². The third kappa shape index (κ3) is 4.25. The fraction of sp³-hybridized carbons (Fsp3) is 0.250. The van der Waals surface area contributed by atoms with Gasteiger partial charge in [0.25, 0.3) is 0 Å². The summed E-state index contributed by atoms with van der Waals surface area (Å²) in [5.41, 5.74) is -0.801. The van der Waals surface area contributed by atoms with Crippen molar-refractivity contribution in [1.29, 1.82) is 0 Å². The van der Waals surface area contributed by atoms with Gasteiger partial charge in [0, 0.05) is 30.9 Å². The number of phenols is 1. The molecule has 3 rings (SSSR count). The molecule has 1 N–H and O–H groups in total. The van der Waals surface area contributed by atoms with Crippen LogP contribution in [-0.4, -0.2) is 22.8 Å². The molecule has 8 heteroatoms. The maximum Gasteiger partial charge on any atom is 0.311 e. The first-order chi connectivity index (χ1) is 15.3. The van der Waals surface area contributed by atoms with E-state index in [9.17, 15) is 24.3 Å². The van der Waals surface area contributed by atoms with Crippen LogP contribution in [0.4, 0.5) is 0 Å². The highest BCUT2D eigenvalue weighted by Gasteiger charge is 2.28.